The predicted octanol–water partition coefficient (Wildman–Crippen LogP) is 1.45. The zero-order chi connectivity index (χ0) is 12.9. The third-order valence-corrected chi connectivity index (χ3v) is 4.54. The summed E-state index contributed by atoms with van der Waals surface area (Å²) >= 11 is 0. The molecule has 0 bridgehead atoms. The van der Waals surface area contributed by atoms with E-state index in [9.17, 15) is 13.2 Å². The Bertz CT molecular complexity index is 344. The molecule has 0 radical (unpaired) electrons. The van der Waals surface area contributed by atoms with Gasteiger partial charge in [0.25, 0.3) is 0 Å². The van der Waals surface area contributed by atoms with Gasteiger partial charge >= 0.3 is 5.97 Å². The monoisotopic (exact) mass is 263 g/mol. The highest BCUT2D eigenvalue weighted by molar-refractivity contribution is 7.88. The molecule has 0 aromatic heterocycles. The SMILES string of the molecule is CS(=O)(=O)N(CCC(=O)O)C1CCCCCC1. The van der Waals surface area contributed by atoms with Crippen molar-refractivity contribution in [1.82, 2.24) is 4.31 Å². The Morgan fingerprint density at radius 2 is 1.76 bits per heavy atom. The molecule has 0 heterocycles. The van der Waals surface area contributed by atoms with Crippen LogP contribution in [0.25, 0.3) is 0 Å². The molecule has 0 aromatic rings. The molecule has 1 fully saturated rings. The van der Waals surface area contributed by atoms with E-state index in [2.05, 4.69) is 0 Å². The summed E-state index contributed by atoms with van der Waals surface area (Å²) in [6, 6.07) is -0.00755. The summed E-state index contributed by atoms with van der Waals surface area (Å²) in [5.74, 6) is -0.952. The minimum Gasteiger partial charge on any atom is -0.481 e. The summed E-state index contributed by atoms with van der Waals surface area (Å²) in [6.45, 7) is 0.0961. The molecule has 1 aliphatic rings. The number of sulfonamides is 1. The Kier molecular flexibility index (Phi) is 5.39. The standard InChI is InChI=1S/C11H21NO4S/c1-17(15,16)12(9-8-11(13)14)10-6-4-2-3-5-7-10/h10H,2-9H2,1H3,(H,13,14). The lowest BCUT2D eigenvalue weighted by molar-refractivity contribution is -0.137. The Hall–Kier alpha value is -0.620. The fourth-order valence-corrected chi connectivity index (χ4v) is 3.55. The van der Waals surface area contributed by atoms with Crippen LogP contribution < -0.4 is 0 Å². The van der Waals surface area contributed by atoms with Crippen molar-refractivity contribution < 1.29 is 18.3 Å². The number of aliphatic carboxylic acids is 1. The highest BCUT2D eigenvalue weighted by Crippen LogP contribution is 2.23. The Balaban J connectivity index is 2.70. The summed E-state index contributed by atoms with van der Waals surface area (Å²) in [6.07, 6.45) is 7.11. The molecule has 1 saturated carbocycles. The fraction of sp³-hybridized carbons (Fsp3) is 0.909. The second kappa shape index (κ2) is 6.35. The number of rotatable bonds is 5. The van der Waals surface area contributed by atoms with Gasteiger partial charge in [-0.25, -0.2) is 8.42 Å². The molecule has 0 atom stereocenters. The quantitative estimate of drug-likeness (QED) is 0.762. The van der Waals surface area contributed by atoms with E-state index in [1.165, 1.54) is 10.6 Å². The van der Waals surface area contributed by atoms with Crippen LogP contribution in [0.2, 0.25) is 0 Å². The van der Waals surface area contributed by atoms with Crippen LogP contribution in [-0.4, -0.2) is 42.6 Å². The van der Waals surface area contributed by atoms with Crippen LogP contribution in [0, 0.1) is 0 Å². The smallest absolute Gasteiger partial charge is 0.304 e. The van der Waals surface area contributed by atoms with Crippen LogP contribution in [-0.2, 0) is 14.8 Å². The van der Waals surface area contributed by atoms with Crippen molar-refractivity contribution in [2.75, 3.05) is 12.8 Å². The molecule has 0 aromatic carbocycles. The molecular weight excluding hydrogens is 242 g/mol. The third-order valence-electron chi connectivity index (χ3n) is 3.20. The number of nitrogens with zero attached hydrogens (tertiary/aromatic N) is 1. The van der Waals surface area contributed by atoms with Gasteiger partial charge in [-0.1, -0.05) is 25.7 Å². The Morgan fingerprint density at radius 3 is 2.18 bits per heavy atom. The highest BCUT2D eigenvalue weighted by Gasteiger charge is 2.27. The van der Waals surface area contributed by atoms with E-state index in [1.807, 2.05) is 0 Å². The molecule has 0 saturated heterocycles. The lowest BCUT2D eigenvalue weighted by atomic mass is 10.1. The molecule has 17 heavy (non-hydrogen) atoms. The molecule has 0 amide bonds. The summed E-state index contributed by atoms with van der Waals surface area (Å²) in [5.41, 5.74) is 0. The molecule has 0 unspecified atom stereocenters. The average Bonchev–Trinajstić information content (AvgIpc) is 2.44. The van der Waals surface area contributed by atoms with Crippen LogP contribution in [0.1, 0.15) is 44.9 Å². The zero-order valence-corrected chi connectivity index (χ0v) is 11.1. The highest BCUT2D eigenvalue weighted by atomic mass is 32.2. The maximum atomic E-state index is 11.7. The number of carboxylic acids is 1. The van der Waals surface area contributed by atoms with Crippen molar-refractivity contribution in [3.05, 3.63) is 0 Å². The van der Waals surface area contributed by atoms with Gasteiger partial charge in [0, 0.05) is 12.6 Å². The maximum Gasteiger partial charge on any atom is 0.304 e. The first kappa shape index (κ1) is 14.4. The lowest BCUT2D eigenvalue weighted by Gasteiger charge is -2.28. The van der Waals surface area contributed by atoms with Gasteiger partial charge < -0.3 is 5.11 Å². The Morgan fingerprint density at radius 1 is 1.24 bits per heavy atom. The van der Waals surface area contributed by atoms with E-state index in [-0.39, 0.29) is 19.0 Å². The molecule has 0 spiro atoms. The van der Waals surface area contributed by atoms with Crippen LogP contribution in [0.5, 0.6) is 0 Å². The van der Waals surface area contributed by atoms with E-state index in [0.717, 1.165) is 38.5 Å². The summed E-state index contributed by atoms with van der Waals surface area (Å²) < 4.78 is 24.8. The number of hydrogen-bond acceptors (Lipinski definition) is 3. The average molecular weight is 263 g/mol. The van der Waals surface area contributed by atoms with Gasteiger partial charge in [-0.05, 0) is 12.8 Å². The molecule has 0 aliphatic heterocycles. The first-order valence-corrected chi connectivity index (χ1v) is 7.94. The first-order valence-electron chi connectivity index (χ1n) is 6.10. The van der Waals surface area contributed by atoms with Gasteiger partial charge in [0.05, 0.1) is 12.7 Å². The molecule has 100 valence electrons. The largest absolute Gasteiger partial charge is 0.481 e. The molecular formula is C11H21NO4S. The van der Waals surface area contributed by atoms with Gasteiger partial charge in [-0.2, -0.15) is 4.31 Å². The fourth-order valence-electron chi connectivity index (χ4n) is 2.37. The molecule has 1 rings (SSSR count). The predicted molar refractivity (Wildman–Crippen MR) is 65.3 cm³/mol. The molecule has 1 N–H and O–H groups in total. The van der Waals surface area contributed by atoms with Crippen LogP contribution in [0.4, 0.5) is 0 Å². The van der Waals surface area contributed by atoms with Gasteiger partial charge in [-0.3, -0.25) is 4.79 Å². The topological polar surface area (TPSA) is 74.7 Å². The normalized spacial score (nSPS) is 19.2. The van der Waals surface area contributed by atoms with Crippen LogP contribution >= 0.6 is 0 Å². The first-order chi connectivity index (χ1) is 7.91. The summed E-state index contributed by atoms with van der Waals surface area (Å²) in [4.78, 5) is 10.6. The molecule has 5 nitrogen and oxygen atoms in total. The number of hydrogen-bond donors (Lipinski definition) is 1. The van der Waals surface area contributed by atoms with Crippen molar-refractivity contribution in [2.45, 2.75) is 51.0 Å². The minimum absolute atomic E-state index is 0.00755. The van der Waals surface area contributed by atoms with E-state index >= 15 is 0 Å². The van der Waals surface area contributed by atoms with Gasteiger partial charge in [-0.15, -0.1) is 0 Å². The number of carbonyl (C=O) groups is 1. The van der Waals surface area contributed by atoms with Crippen molar-refractivity contribution >= 4 is 16.0 Å². The third kappa shape index (κ3) is 5.04. The van der Waals surface area contributed by atoms with E-state index in [1.54, 1.807) is 0 Å². The summed E-state index contributed by atoms with van der Waals surface area (Å²) in [7, 11) is -3.31. The summed E-state index contributed by atoms with van der Waals surface area (Å²) in [5, 5.41) is 8.66. The Labute approximate surface area is 103 Å². The second-order valence-electron chi connectivity index (χ2n) is 4.66. The van der Waals surface area contributed by atoms with E-state index in [4.69, 9.17) is 5.11 Å². The second-order valence-corrected chi connectivity index (χ2v) is 6.60. The van der Waals surface area contributed by atoms with Crippen molar-refractivity contribution in [3.8, 4) is 0 Å². The maximum absolute atomic E-state index is 11.7. The van der Waals surface area contributed by atoms with E-state index < -0.39 is 16.0 Å². The molecule has 1 aliphatic carbocycles. The molecule has 6 heteroatoms. The van der Waals surface area contributed by atoms with Crippen LogP contribution in [0.3, 0.4) is 0 Å². The van der Waals surface area contributed by atoms with Gasteiger partial charge in [0.15, 0.2) is 0 Å². The van der Waals surface area contributed by atoms with Crippen molar-refractivity contribution in [1.29, 1.82) is 0 Å². The minimum atomic E-state index is -3.31. The number of carboxylic acid groups (broad SMARTS) is 1. The van der Waals surface area contributed by atoms with Crippen molar-refractivity contribution in [3.63, 3.8) is 0 Å². The van der Waals surface area contributed by atoms with E-state index in [0.29, 0.717) is 0 Å². The van der Waals surface area contributed by atoms with Gasteiger partial charge in [0.1, 0.15) is 0 Å². The zero-order valence-electron chi connectivity index (χ0n) is 10.3. The van der Waals surface area contributed by atoms with Gasteiger partial charge in [0.2, 0.25) is 10.0 Å². The van der Waals surface area contributed by atoms with Crippen molar-refractivity contribution in [2.24, 2.45) is 0 Å². The van der Waals surface area contributed by atoms with Crippen LogP contribution in [0.15, 0.2) is 0 Å². The lowest BCUT2D eigenvalue weighted by Crippen LogP contribution is -2.40.